The maximum absolute atomic E-state index is 12.9. The van der Waals surface area contributed by atoms with Crippen molar-refractivity contribution in [3.05, 3.63) is 27.7 Å². The molecule has 9 heteroatoms. The van der Waals surface area contributed by atoms with E-state index in [0.29, 0.717) is 19.0 Å². The Hall–Kier alpha value is -2.39. The minimum absolute atomic E-state index is 0.121. The van der Waals surface area contributed by atoms with Crippen molar-refractivity contribution in [3.63, 3.8) is 0 Å². The van der Waals surface area contributed by atoms with E-state index in [1.54, 1.807) is 4.90 Å². The Balaban J connectivity index is 1.95. The van der Waals surface area contributed by atoms with Crippen LogP contribution in [-0.4, -0.2) is 87.8 Å². The Labute approximate surface area is 157 Å². The first-order valence-corrected chi connectivity index (χ1v) is 9.10. The molecule has 2 aliphatic heterocycles. The third kappa shape index (κ3) is 3.57. The van der Waals surface area contributed by atoms with Crippen LogP contribution in [0.1, 0.15) is 34.2 Å². The normalized spacial score (nSPS) is 21.1. The first-order chi connectivity index (χ1) is 12.7. The highest BCUT2D eigenvalue weighted by atomic mass is 16.4. The van der Waals surface area contributed by atoms with Gasteiger partial charge in [-0.1, -0.05) is 6.92 Å². The molecule has 1 saturated heterocycles. The van der Waals surface area contributed by atoms with Crippen molar-refractivity contribution in [3.8, 4) is 5.75 Å². The van der Waals surface area contributed by atoms with E-state index in [2.05, 4.69) is 16.7 Å². The lowest BCUT2D eigenvalue weighted by Gasteiger charge is -2.48. The minimum Gasteiger partial charge on any atom is -0.503 e. The molecule has 0 radical (unpaired) electrons. The maximum Gasteiger partial charge on any atom is 0.341 e. The van der Waals surface area contributed by atoms with Crippen LogP contribution in [0.3, 0.4) is 0 Å². The number of hydrogen-bond donors (Lipinski definition) is 2. The number of aromatic carboxylic acids is 1. The van der Waals surface area contributed by atoms with Gasteiger partial charge in [-0.3, -0.25) is 14.5 Å². The van der Waals surface area contributed by atoms with E-state index in [-0.39, 0.29) is 11.9 Å². The van der Waals surface area contributed by atoms with E-state index in [4.69, 9.17) is 0 Å². The summed E-state index contributed by atoms with van der Waals surface area (Å²) in [6.07, 6.45) is 1.77. The molecule has 0 aliphatic carbocycles. The quantitative estimate of drug-likeness (QED) is 0.739. The number of hydrogen-bond acceptors (Lipinski definition) is 6. The molecule has 0 spiro atoms. The Kier molecular flexibility index (Phi) is 5.25. The standard InChI is InChI=1S/C18H26N4O5/c1-11(7-19(2)3)8-20-5-4-6-22-13(20)10-21-9-12(18(26)27)15(23)16(24)14(21)17(22)25/h9,11,13,24H,4-8,10H2,1-3H3,(H,26,27). The summed E-state index contributed by atoms with van der Waals surface area (Å²) >= 11 is 0. The second kappa shape index (κ2) is 7.32. The van der Waals surface area contributed by atoms with Gasteiger partial charge >= 0.3 is 5.97 Å². The van der Waals surface area contributed by atoms with Crippen molar-refractivity contribution in [2.45, 2.75) is 26.1 Å². The van der Waals surface area contributed by atoms with Gasteiger partial charge in [0.25, 0.3) is 5.91 Å². The molecule has 148 valence electrons. The number of nitrogens with zero attached hydrogens (tertiary/aromatic N) is 4. The van der Waals surface area contributed by atoms with E-state index in [1.165, 1.54) is 10.8 Å². The van der Waals surface area contributed by atoms with Crippen LogP contribution in [-0.2, 0) is 6.54 Å². The summed E-state index contributed by atoms with van der Waals surface area (Å²) in [6, 6.07) is 0. The summed E-state index contributed by atoms with van der Waals surface area (Å²) in [6.45, 7) is 5.60. The van der Waals surface area contributed by atoms with Crippen LogP contribution in [0.5, 0.6) is 5.75 Å². The molecule has 2 atom stereocenters. The fourth-order valence-electron chi connectivity index (χ4n) is 4.17. The lowest BCUT2D eigenvalue weighted by atomic mass is 10.1. The lowest BCUT2D eigenvalue weighted by Crippen LogP contribution is -2.61. The number of carboxylic acids is 1. The predicted molar refractivity (Wildman–Crippen MR) is 98.1 cm³/mol. The molecular formula is C18H26N4O5. The molecule has 2 aliphatic rings. The van der Waals surface area contributed by atoms with Gasteiger partial charge in [0.15, 0.2) is 11.4 Å². The van der Waals surface area contributed by atoms with Crippen molar-refractivity contribution in [1.82, 2.24) is 19.3 Å². The molecule has 2 unspecified atom stereocenters. The molecule has 2 N–H and O–H groups in total. The Morgan fingerprint density at radius 3 is 2.67 bits per heavy atom. The van der Waals surface area contributed by atoms with Gasteiger partial charge in [-0.2, -0.15) is 0 Å². The highest BCUT2D eigenvalue weighted by molar-refractivity contribution is 5.97. The van der Waals surface area contributed by atoms with E-state index in [1.807, 2.05) is 14.1 Å². The van der Waals surface area contributed by atoms with Crippen molar-refractivity contribution < 1.29 is 19.8 Å². The zero-order valence-electron chi connectivity index (χ0n) is 15.9. The van der Waals surface area contributed by atoms with Crippen LogP contribution < -0.4 is 5.43 Å². The third-order valence-electron chi connectivity index (χ3n) is 5.16. The van der Waals surface area contributed by atoms with Crippen molar-refractivity contribution in [2.24, 2.45) is 5.92 Å². The first-order valence-electron chi connectivity index (χ1n) is 9.10. The maximum atomic E-state index is 12.9. The van der Waals surface area contributed by atoms with Gasteiger partial charge < -0.3 is 24.6 Å². The lowest BCUT2D eigenvalue weighted by molar-refractivity contribution is -0.0167. The number of fused-ring (bicyclic) bond motifs is 2. The van der Waals surface area contributed by atoms with Crippen LogP contribution in [0.2, 0.25) is 0 Å². The summed E-state index contributed by atoms with van der Waals surface area (Å²) in [7, 11) is 4.04. The summed E-state index contributed by atoms with van der Waals surface area (Å²) in [5, 5.41) is 19.4. The van der Waals surface area contributed by atoms with Gasteiger partial charge in [0.05, 0.1) is 6.54 Å². The molecule has 1 fully saturated rings. The fourth-order valence-corrected chi connectivity index (χ4v) is 4.17. The van der Waals surface area contributed by atoms with Gasteiger partial charge in [0, 0.05) is 32.4 Å². The Bertz CT molecular complexity index is 819. The summed E-state index contributed by atoms with van der Waals surface area (Å²) in [4.78, 5) is 42.3. The number of aromatic nitrogens is 1. The number of carbonyl (C=O) groups is 2. The first kappa shape index (κ1) is 19.4. The molecule has 27 heavy (non-hydrogen) atoms. The number of pyridine rings is 1. The summed E-state index contributed by atoms with van der Waals surface area (Å²) < 4.78 is 1.42. The molecular weight excluding hydrogens is 352 g/mol. The average Bonchev–Trinajstić information content (AvgIpc) is 2.57. The van der Waals surface area contributed by atoms with Crippen LogP contribution in [0.4, 0.5) is 0 Å². The van der Waals surface area contributed by atoms with Crippen molar-refractivity contribution in [1.29, 1.82) is 0 Å². The van der Waals surface area contributed by atoms with Crippen LogP contribution in [0.25, 0.3) is 0 Å². The number of carboxylic acid groups (broad SMARTS) is 1. The van der Waals surface area contributed by atoms with Gasteiger partial charge in [-0.15, -0.1) is 0 Å². The number of aromatic hydroxyl groups is 1. The van der Waals surface area contributed by atoms with Gasteiger partial charge in [0.2, 0.25) is 5.43 Å². The topological polar surface area (TPSA) is 106 Å². The van der Waals surface area contributed by atoms with E-state index in [9.17, 15) is 24.6 Å². The molecule has 3 rings (SSSR count). The zero-order valence-corrected chi connectivity index (χ0v) is 15.9. The third-order valence-corrected chi connectivity index (χ3v) is 5.16. The molecule has 3 heterocycles. The number of rotatable bonds is 5. The highest BCUT2D eigenvalue weighted by Gasteiger charge is 2.40. The molecule has 9 nitrogen and oxygen atoms in total. The summed E-state index contributed by atoms with van der Waals surface area (Å²) in [5.41, 5.74) is -1.67. The predicted octanol–water partition coefficient (Wildman–Crippen LogP) is -0.0626. The molecule has 0 saturated carbocycles. The Morgan fingerprint density at radius 2 is 2.04 bits per heavy atom. The van der Waals surface area contributed by atoms with Gasteiger partial charge in [-0.25, -0.2) is 4.79 Å². The van der Waals surface area contributed by atoms with Crippen LogP contribution in [0, 0.1) is 5.92 Å². The second-order valence-corrected chi connectivity index (χ2v) is 7.72. The smallest absolute Gasteiger partial charge is 0.341 e. The van der Waals surface area contributed by atoms with Crippen LogP contribution in [0.15, 0.2) is 11.0 Å². The molecule has 1 amide bonds. The number of amides is 1. The largest absolute Gasteiger partial charge is 0.503 e. The van der Waals surface area contributed by atoms with E-state index >= 15 is 0 Å². The summed E-state index contributed by atoms with van der Waals surface area (Å²) in [5.74, 6) is -2.23. The Morgan fingerprint density at radius 1 is 1.33 bits per heavy atom. The SMILES string of the molecule is CC(CN(C)C)CN1CCCN2C(=O)c3c(O)c(=O)c(C(=O)O)cn3CC12. The molecule has 1 aromatic rings. The van der Waals surface area contributed by atoms with E-state index < -0.39 is 28.6 Å². The zero-order chi connectivity index (χ0) is 19.9. The number of carbonyl (C=O) groups excluding carboxylic acids is 1. The average molecular weight is 378 g/mol. The van der Waals surface area contributed by atoms with Crippen LogP contribution >= 0.6 is 0 Å². The highest BCUT2D eigenvalue weighted by Crippen LogP contribution is 2.28. The van der Waals surface area contributed by atoms with Crippen molar-refractivity contribution in [2.75, 3.05) is 40.3 Å². The molecule has 0 aromatic carbocycles. The monoisotopic (exact) mass is 378 g/mol. The molecule has 1 aromatic heterocycles. The fraction of sp³-hybridized carbons (Fsp3) is 0.611. The second-order valence-electron chi connectivity index (χ2n) is 7.72. The minimum atomic E-state index is -1.42. The van der Waals surface area contributed by atoms with Gasteiger partial charge in [-0.05, 0) is 26.4 Å². The van der Waals surface area contributed by atoms with E-state index in [0.717, 1.165) is 26.1 Å². The molecule has 0 bridgehead atoms. The van der Waals surface area contributed by atoms with Crippen molar-refractivity contribution >= 4 is 11.9 Å². The van der Waals surface area contributed by atoms with Gasteiger partial charge in [0.1, 0.15) is 11.7 Å².